The summed E-state index contributed by atoms with van der Waals surface area (Å²) in [4.78, 5) is 18.1. The number of hydrogen-bond acceptors (Lipinski definition) is 3. The third kappa shape index (κ3) is 8.15. The third-order valence-corrected chi connectivity index (χ3v) is 4.41. The largest absolute Gasteiger partial charge is 0.484 e. The van der Waals surface area contributed by atoms with Gasteiger partial charge in [-0.25, -0.2) is 0 Å². The molecule has 1 saturated carbocycles. The van der Waals surface area contributed by atoms with E-state index in [1.165, 1.54) is 5.56 Å². The highest BCUT2D eigenvalue weighted by Gasteiger charge is 2.23. The molecule has 1 aromatic carbocycles. The molecule has 0 unspecified atom stereocenters. The molecular formula is C21H32N4O2. The molecule has 1 aliphatic rings. The van der Waals surface area contributed by atoms with Crippen molar-refractivity contribution in [2.75, 3.05) is 33.8 Å². The van der Waals surface area contributed by atoms with Crippen LogP contribution in [0, 0.1) is 0 Å². The van der Waals surface area contributed by atoms with Gasteiger partial charge in [-0.3, -0.25) is 9.79 Å². The quantitative estimate of drug-likeness (QED) is 0.271. The van der Waals surface area contributed by atoms with E-state index in [0.29, 0.717) is 6.04 Å². The number of carbonyl (C=O) groups is 1. The summed E-state index contributed by atoms with van der Waals surface area (Å²) < 4.78 is 5.53. The molecule has 0 radical (unpaired) electrons. The van der Waals surface area contributed by atoms with Crippen molar-refractivity contribution in [2.45, 2.75) is 38.1 Å². The highest BCUT2D eigenvalue weighted by Crippen LogP contribution is 2.18. The van der Waals surface area contributed by atoms with Crippen LogP contribution in [0.25, 0.3) is 0 Å². The van der Waals surface area contributed by atoms with Gasteiger partial charge < -0.3 is 20.3 Å². The number of nitrogens with zero attached hydrogens (tertiary/aromatic N) is 2. The second-order valence-corrected chi connectivity index (χ2v) is 6.85. The van der Waals surface area contributed by atoms with Gasteiger partial charge >= 0.3 is 0 Å². The summed E-state index contributed by atoms with van der Waals surface area (Å²) in [5.74, 6) is 1.57. The molecule has 2 rings (SSSR count). The van der Waals surface area contributed by atoms with Crippen LogP contribution in [0.1, 0.15) is 31.2 Å². The summed E-state index contributed by atoms with van der Waals surface area (Å²) in [6.45, 7) is 5.59. The van der Waals surface area contributed by atoms with E-state index in [1.54, 1.807) is 7.05 Å². The number of amides is 1. The summed E-state index contributed by atoms with van der Waals surface area (Å²) >= 11 is 0. The first-order valence-electron chi connectivity index (χ1n) is 9.66. The number of rotatable bonds is 11. The Kier molecular flexibility index (Phi) is 8.68. The molecular weight excluding hydrogens is 340 g/mol. The van der Waals surface area contributed by atoms with Crippen molar-refractivity contribution in [3.63, 3.8) is 0 Å². The number of benzene rings is 1. The SMILES string of the molecule is C=CCCCN(C)C(=NC)NCCc1ccc(OCC(=O)NC2CC2)cc1. The topological polar surface area (TPSA) is 66.0 Å². The lowest BCUT2D eigenvalue weighted by Crippen LogP contribution is -2.40. The summed E-state index contributed by atoms with van der Waals surface area (Å²) in [5, 5.41) is 6.30. The molecule has 0 saturated heterocycles. The Bertz CT molecular complexity index is 624. The Morgan fingerprint density at radius 3 is 2.74 bits per heavy atom. The van der Waals surface area contributed by atoms with E-state index in [9.17, 15) is 4.79 Å². The fraction of sp³-hybridized carbons (Fsp3) is 0.524. The molecule has 1 amide bonds. The number of hydrogen-bond donors (Lipinski definition) is 2. The van der Waals surface area contributed by atoms with Gasteiger partial charge in [0.2, 0.25) is 0 Å². The van der Waals surface area contributed by atoms with Gasteiger partial charge in [0, 0.05) is 33.2 Å². The summed E-state index contributed by atoms with van der Waals surface area (Å²) in [6.07, 6.45) is 7.09. The van der Waals surface area contributed by atoms with Gasteiger partial charge in [0.1, 0.15) is 5.75 Å². The lowest BCUT2D eigenvalue weighted by molar-refractivity contribution is -0.123. The molecule has 1 aliphatic carbocycles. The molecule has 148 valence electrons. The molecule has 0 atom stereocenters. The minimum Gasteiger partial charge on any atom is -0.484 e. The van der Waals surface area contributed by atoms with Gasteiger partial charge in [-0.15, -0.1) is 6.58 Å². The van der Waals surface area contributed by atoms with Crippen LogP contribution < -0.4 is 15.4 Å². The molecule has 6 heteroatoms. The lowest BCUT2D eigenvalue weighted by atomic mass is 10.1. The van der Waals surface area contributed by atoms with E-state index < -0.39 is 0 Å². The Morgan fingerprint density at radius 1 is 1.37 bits per heavy atom. The predicted molar refractivity (Wildman–Crippen MR) is 110 cm³/mol. The standard InChI is InChI=1S/C21H32N4O2/c1-4-5-6-15-25(3)21(22-2)23-14-13-17-7-11-19(12-8-17)27-16-20(26)24-18-9-10-18/h4,7-8,11-12,18H,1,5-6,9-10,13-16H2,2-3H3,(H,22,23)(H,24,26). The van der Waals surface area contributed by atoms with Gasteiger partial charge in [0.15, 0.2) is 12.6 Å². The second kappa shape index (κ2) is 11.3. The second-order valence-electron chi connectivity index (χ2n) is 6.85. The van der Waals surface area contributed by atoms with E-state index in [4.69, 9.17) is 4.74 Å². The molecule has 0 bridgehead atoms. The molecule has 2 N–H and O–H groups in total. The molecule has 0 aliphatic heterocycles. The Morgan fingerprint density at radius 2 is 2.11 bits per heavy atom. The molecule has 6 nitrogen and oxygen atoms in total. The monoisotopic (exact) mass is 372 g/mol. The van der Waals surface area contributed by atoms with Crippen molar-refractivity contribution in [2.24, 2.45) is 4.99 Å². The maximum Gasteiger partial charge on any atom is 0.258 e. The first-order valence-corrected chi connectivity index (χ1v) is 9.66. The van der Waals surface area contributed by atoms with Crippen LogP contribution in [-0.2, 0) is 11.2 Å². The van der Waals surface area contributed by atoms with E-state index in [2.05, 4.69) is 27.1 Å². The Hall–Kier alpha value is -2.50. The van der Waals surface area contributed by atoms with Crippen LogP contribution in [0.3, 0.4) is 0 Å². The number of ether oxygens (including phenoxy) is 1. The first-order chi connectivity index (χ1) is 13.1. The maximum atomic E-state index is 11.6. The van der Waals surface area contributed by atoms with Crippen LogP contribution in [0.15, 0.2) is 41.9 Å². The first kappa shape index (κ1) is 20.8. The zero-order valence-electron chi connectivity index (χ0n) is 16.5. The molecule has 1 fully saturated rings. The molecule has 0 heterocycles. The van der Waals surface area contributed by atoms with Crippen LogP contribution in [0.5, 0.6) is 5.75 Å². The van der Waals surface area contributed by atoms with Gasteiger partial charge in [-0.2, -0.15) is 0 Å². The van der Waals surface area contributed by atoms with Crippen molar-refractivity contribution in [1.82, 2.24) is 15.5 Å². The smallest absolute Gasteiger partial charge is 0.258 e. The average Bonchev–Trinajstić information content (AvgIpc) is 3.48. The van der Waals surface area contributed by atoms with E-state index in [-0.39, 0.29) is 12.5 Å². The van der Waals surface area contributed by atoms with Gasteiger partial charge in [-0.05, 0) is 49.8 Å². The Balaban J connectivity index is 1.67. The van der Waals surface area contributed by atoms with Crippen molar-refractivity contribution < 1.29 is 9.53 Å². The van der Waals surface area contributed by atoms with Crippen LogP contribution in [-0.4, -0.2) is 56.6 Å². The van der Waals surface area contributed by atoms with Gasteiger partial charge in [0.25, 0.3) is 5.91 Å². The molecule has 0 spiro atoms. The van der Waals surface area contributed by atoms with E-state index in [0.717, 1.165) is 56.9 Å². The maximum absolute atomic E-state index is 11.6. The zero-order valence-corrected chi connectivity index (χ0v) is 16.5. The minimum absolute atomic E-state index is 0.0469. The van der Waals surface area contributed by atoms with Crippen molar-refractivity contribution in [3.8, 4) is 5.75 Å². The normalized spacial score (nSPS) is 13.8. The molecule has 27 heavy (non-hydrogen) atoms. The van der Waals surface area contributed by atoms with E-state index >= 15 is 0 Å². The predicted octanol–water partition coefficient (Wildman–Crippen LogP) is 2.36. The highest BCUT2D eigenvalue weighted by atomic mass is 16.5. The van der Waals surface area contributed by atoms with Gasteiger partial charge in [0.05, 0.1) is 0 Å². The molecule has 0 aromatic heterocycles. The van der Waals surface area contributed by atoms with Crippen molar-refractivity contribution in [3.05, 3.63) is 42.5 Å². The number of aliphatic imine (C=N–C) groups is 1. The zero-order chi connectivity index (χ0) is 19.5. The fourth-order valence-corrected chi connectivity index (χ4v) is 2.68. The highest BCUT2D eigenvalue weighted by molar-refractivity contribution is 5.79. The number of carbonyl (C=O) groups excluding carboxylic acids is 1. The van der Waals surface area contributed by atoms with Crippen LogP contribution >= 0.6 is 0 Å². The number of guanidine groups is 1. The Labute approximate surface area is 162 Å². The number of nitrogens with one attached hydrogen (secondary N) is 2. The van der Waals surface area contributed by atoms with Crippen LogP contribution in [0.2, 0.25) is 0 Å². The van der Waals surface area contributed by atoms with Gasteiger partial charge in [-0.1, -0.05) is 18.2 Å². The van der Waals surface area contributed by atoms with E-state index in [1.807, 2.05) is 37.4 Å². The average molecular weight is 373 g/mol. The summed E-state index contributed by atoms with van der Waals surface area (Å²) in [5.41, 5.74) is 1.21. The summed E-state index contributed by atoms with van der Waals surface area (Å²) in [6, 6.07) is 8.26. The lowest BCUT2D eigenvalue weighted by Gasteiger charge is -2.21. The number of allylic oxidation sites excluding steroid dienone is 1. The third-order valence-electron chi connectivity index (χ3n) is 4.41. The van der Waals surface area contributed by atoms with Crippen LogP contribution in [0.4, 0.5) is 0 Å². The fourth-order valence-electron chi connectivity index (χ4n) is 2.68. The molecule has 1 aromatic rings. The minimum atomic E-state index is -0.0469. The van der Waals surface area contributed by atoms with Crippen molar-refractivity contribution >= 4 is 11.9 Å². The summed E-state index contributed by atoms with van der Waals surface area (Å²) in [7, 11) is 3.85. The van der Waals surface area contributed by atoms with Crippen molar-refractivity contribution in [1.29, 1.82) is 0 Å². The number of unbranched alkanes of at least 4 members (excludes halogenated alkanes) is 1.